The van der Waals surface area contributed by atoms with Gasteiger partial charge in [0, 0.05) is 6.04 Å². The second-order valence-corrected chi connectivity index (χ2v) is 3.36. The molecular weight excluding hydrogens is 126 g/mol. The van der Waals surface area contributed by atoms with E-state index in [4.69, 9.17) is 5.11 Å². The number of hydrogen-bond acceptors (Lipinski definition) is 2. The van der Waals surface area contributed by atoms with Gasteiger partial charge in [0.1, 0.15) is 0 Å². The molecule has 0 radical (unpaired) electrons. The molecule has 1 fully saturated rings. The highest BCUT2D eigenvalue weighted by atomic mass is 16.3. The van der Waals surface area contributed by atoms with Crippen LogP contribution in [0.1, 0.15) is 26.2 Å². The first-order valence-corrected chi connectivity index (χ1v) is 4.08. The quantitative estimate of drug-likeness (QED) is 0.619. The summed E-state index contributed by atoms with van der Waals surface area (Å²) < 4.78 is 0. The third-order valence-electron chi connectivity index (χ3n) is 2.28. The molecule has 10 heavy (non-hydrogen) atoms. The van der Waals surface area contributed by atoms with Gasteiger partial charge in [-0.05, 0) is 39.8 Å². The molecule has 1 aliphatic heterocycles. The van der Waals surface area contributed by atoms with Gasteiger partial charge in [-0.3, -0.25) is 0 Å². The van der Waals surface area contributed by atoms with Gasteiger partial charge < -0.3 is 10.0 Å². The SMILES string of the molecule is CC(O)CC1CCCN1C. The topological polar surface area (TPSA) is 23.5 Å². The van der Waals surface area contributed by atoms with E-state index in [0.717, 1.165) is 6.42 Å². The zero-order chi connectivity index (χ0) is 7.56. The normalized spacial score (nSPS) is 30.9. The van der Waals surface area contributed by atoms with Gasteiger partial charge in [-0.1, -0.05) is 0 Å². The molecule has 0 spiro atoms. The van der Waals surface area contributed by atoms with Crippen molar-refractivity contribution < 1.29 is 5.11 Å². The Morgan fingerprint density at radius 1 is 1.70 bits per heavy atom. The van der Waals surface area contributed by atoms with Crippen LogP contribution in [0.15, 0.2) is 0 Å². The third-order valence-corrected chi connectivity index (χ3v) is 2.28. The van der Waals surface area contributed by atoms with Crippen LogP contribution in [0.2, 0.25) is 0 Å². The van der Waals surface area contributed by atoms with Gasteiger partial charge in [0.2, 0.25) is 0 Å². The predicted molar refractivity (Wildman–Crippen MR) is 41.9 cm³/mol. The molecule has 0 amide bonds. The zero-order valence-electron chi connectivity index (χ0n) is 6.88. The molecule has 1 saturated heterocycles. The molecule has 0 aliphatic carbocycles. The van der Waals surface area contributed by atoms with Gasteiger partial charge >= 0.3 is 0 Å². The van der Waals surface area contributed by atoms with Crippen LogP contribution in [-0.2, 0) is 0 Å². The van der Waals surface area contributed by atoms with Gasteiger partial charge in [-0.15, -0.1) is 0 Å². The lowest BCUT2D eigenvalue weighted by Crippen LogP contribution is -2.27. The third kappa shape index (κ3) is 1.96. The number of nitrogens with zero attached hydrogens (tertiary/aromatic N) is 1. The van der Waals surface area contributed by atoms with E-state index in [1.807, 2.05) is 6.92 Å². The lowest BCUT2D eigenvalue weighted by Gasteiger charge is -2.20. The summed E-state index contributed by atoms with van der Waals surface area (Å²) >= 11 is 0. The first-order valence-electron chi connectivity index (χ1n) is 4.08. The molecule has 2 nitrogen and oxygen atoms in total. The van der Waals surface area contributed by atoms with Crippen molar-refractivity contribution >= 4 is 0 Å². The molecule has 1 N–H and O–H groups in total. The molecule has 0 aromatic carbocycles. The number of rotatable bonds is 2. The Morgan fingerprint density at radius 3 is 2.80 bits per heavy atom. The lowest BCUT2D eigenvalue weighted by atomic mass is 10.1. The van der Waals surface area contributed by atoms with E-state index in [1.165, 1.54) is 19.4 Å². The minimum atomic E-state index is -0.134. The second-order valence-electron chi connectivity index (χ2n) is 3.36. The minimum Gasteiger partial charge on any atom is -0.393 e. The van der Waals surface area contributed by atoms with Crippen LogP contribution in [0.25, 0.3) is 0 Å². The van der Waals surface area contributed by atoms with Gasteiger partial charge in [0.15, 0.2) is 0 Å². The molecular formula is C8H17NO. The van der Waals surface area contributed by atoms with Crippen molar-refractivity contribution in [2.24, 2.45) is 0 Å². The average molecular weight is 143 g/mol. The van der Waals surface area contributed by atoms with Crippen LogP contribution < -0.4 is 0 Å². The molecule has 0 bridgehead atoms. The first-order chi connectivity index (χ1) is 4.70. The van der Waals surface area contributed by atoms with Crippen molar-refractivity contribution in [3.63, 3.8) is 0 Å². The summed E-state index contributed by atoms with van der Waals surface area (Å²) in [7, 11) is 2.14. The smallest absolute Gasteiger partial charge is 0.0527 e. The Morgan fingerprint density at radius 2 is 2.40 bits per heavy atom. The molecule has 1 heterocycles. The maximum atomic E-state index is 9.10. The van der Waals surface area contributed by atoms with Crippen molar-refractivity contribution in [2.45, 2.75) is 38.3 Å². The van der Waals surface area contributed by atoms with Crippen molar-refractivity contribution in [1.82, 2.24) is 4.90 Å². The van der Waals surface area contributed by atoms with E-state index in [0.29, 0.717) is 6.04 Å². The number of hydrogen-bond donors (Lipinski definition) is 1. The van der Waals surface area contributed by atoms with Crippen molar-refractivity contribution in [3.05, 3.63) is 0 Å². The Hall–Kier alpha value is -0.0800. The predicted octanol–water partition coefficient (Wildman–Crippen LogP) is 0.851. The number of aliphatic hydroxyl groups is 1. The summed E-state index contributed by atoms with van der Waals surface area (Å²) in [5.74, 6) is 0. The number of likely N-dealkylation sites (tertiary alicyclic amines) is 1. The Balaban J connectivity index is 2.26. The fourth-order valence-corrected chi connectivity index (χ4v) is 1.67. The summed E-state index contributed by atoms with van der Waals surface area (Å²) in [6.45, 7) is 3.07. The first kappa shape index (κ1) is 8.02. The largest absolute Gasteiger partial charge is 0.393 e. The van der Waals surface area contributed by atoms with E-state index >= 15 is 0 Å². The molecule has 0 aromatic rings. The molecule has 2 atom stereocenters. The Labute approximate surface area is 62.8 Å². The summed E-state index contributed by atoms with van der Waals surface area (Å²) in [5.41, 5.74) is 0. The number of aliphatic hydroxyl groups excluding tert-OH is 1. The van der Waals surface area contributed by atoms with Crippen LogP contribution in [0.3, 0.4) is 0 Å². The van der Waals surface area contributed by atoms with Gasteiger partial charge in [0.05, 0.1) is 6.10 Å². The van der Waals surface area contributed by atoms with Crippen LogP contribution >= 0.6 is 0 Å². The van der Waals surface area contributed by atoms with Crippen LogP contribution in [0.5, 0.6) is 0 Å². The van der Waals surface area contributed by atoms with E-state index in [-0.39, 0.29) is 6.10 Å². The zero-order valence-corrected chi connectivity index (χ0v) is 6.88. The average Bonchev–Trinajstić information content (AvgIpc) is 2.15. The summed E-state index contributed by atoms with van der Waals surface area (Å²) in [6, 6.07) is 0.639. The molecule has 2 heteroatoms. The Bertz CT molecular complexity index is 103. The van der Waals surface area contributed by atoms with Crippen molar-refractivity contribution in [1.29, 1.82) is 0 Å². The van der Waals surface area contributed by atoms with Gasteiger partial charge in [-0.2, -0.15) is 0 Å². The molecule has 2 unspecified atom stereocenters. The van der Waals surface area contributed by atoms with E-state index in [1.54, 1.807) is 0 Å². The summed E-state index contributed by atoms with van der Waals surface area (Å²) in [5, 5.41) is 9.10. The molecule has 1 aliphatic rings. The van der Waals surface area contributed by atoms with Crippen LogP contribution in [0, 0.1) is 0 Å². The second kappa shape index (κ2) is 3.35. The Kier molecular flexibility index (Phi) is 2.69. The molecule has 60 valence electrons. The standard InChI is InChI=1S/C8H17NO/c1-7(10)6-8-4-3-5-9(8)2/h7-8,10H,3-6H2,1-2H3. The highest BCUT2D eigenvalue weighted by molar-refractivity contribution is 4.77. The maximum absolute atomic E-state index is 9.10. The van der Waals surface area contributed by atoms with Crippen molar-refractivity contribution in [3.8, 4) is 0 Å². The summed E-state index contributed by atoms with van der Waals surface area (Å²) in [6.07, 6.45) is 3.37. The van der Waals surface area contributed by atoms with E-state index < -0.39 is 0 Å². The fraction of sp³-hybridized carbons (Fsp3) is 1.00. The lowest BCUT2D eigenvalue weighted by molar-refractivity contribution is 0.144. The fourth-order valence-electron chi connectivity index (χ4n) is 1.67. The summed E-state index contributed by atoms with van der Waals surface area (Å²) in [4.78, 5) is 2.34. The molecule has 1 rings (SSSR count). The molecule has 0 aromatic heterocycles. The maximum Gasteiger partial charge on any atom is 0.0527 e. The molecule has 0 saturated carbocycles. The van der Waals surface area contributed by atoms with E-state index in [9.17, 15) is 0 Å². The minimum absolute atomic E-state index is 0.134. The van der Waals surface area contributed by atoms with Gasteiger partial charge in [-0.25, -0.2) is 0 Å². The van der Waals surface area contributed by atoms with Gasteiger partial charge in [0.25, 0.3) is 0 Å². The highest BCUT2D eigenvalue weighted by Crippen LogP contribution is 2.18. The highest BCUT2D eigenvalue weighted by Gasteiger charge is 2.21. The monoisotopic (exact) mass is 143 g/mol. The van der Waals surface area contributed by atoms with E-state index in [2.05, 4.69) is 11.9 Å². The van der Waals surface area contributed by atoms with Crippen molar-refractivity contribution in [2.75, 3.05) is 13.6 Å². The van der Waals surface area contributed by atoms with Crippen LogP contribution in [0.4, 0.5) is 0 Å². The van der Waals surface area contributed by atoms with Crippen LogP contribution in [-0.4, -0.2) is 35.7 Å².